The van der Waals surface area contributed by atoms with E-state index in [2.05, 4.69) is 5.32 Å². The van der Waals surface area contributed by atoms with Crippen LogP contribution in [0.1, 0.15) is 74.0 Å². The van der Waals surface area contributed by atoms with Crippen molar-refractivity contribution in [3.8, 4) is 5.75 Å². The molecule has 0 spiro atoms. The number of nitrogens with one attached hydrogen (secondary N) is 1. The summed E-state index contributed by atoms with van der Waals surface area (Å²) in [6.07, 6.45) is 3.39. The van der Waals surface area contributed by atoms with Crippen molar-refractivity contribution in [2.75, 3.05) is 18.2 Å². The third-order valence-corrected chi connectivity index (χ3v) is 8.31. The molecule has 0 aromatic heterocycles. The molecule has 0 radical (unpaired) electrons. The summed E-state index contributed by atoms with van der Waals surface area (Å²) < 4.78 is 18.4. The highest BCUT2D eigenvalue weighted by Gasteiger charge is 2.32. The summed E-state index contributed by atoms with van der Waals surface area (Å²) in [6, 6.07) is 23.3. The minimum atomic E-state index is -0.783. The molecule has 1 aliphatic rings. The molecule has 3 aromatic rings. The van der Waals surface area contributed by atoms with Gasteiger partial charge in [0.2, 0.25) is 5.91 Å². The van der Waals surface area contributed by atoms with Crippen molar-refractivity contribution < 1.29 is 34.0 Å². The molecule has 1 heterocycles. The van der Waals surface area contributed by atoms with Crippen LogP contribution in [0.5, 0.6) is 5.75 Å². The average molecular weight is 594 g/mol. The number of benzene rings is 3. The predicted molar refractivity (Wildman–Crippen MR) is 163 cm³/mol. The number of para-hydroxylation sites is 1. The molecular formula is C33H39NO7S. The number of carbonyl (C=O) groups is 2. The number of carboxylic acids is 1. The molecule has 42 heavy (non-hydrogen) atoms. The van der Waals surface area contributed by atoms with Crippen LogP contribution in [0.4, 0.5) is 5.69 Å². The molecule has 0 aliphatic carbocycles. The lowest BCUT2D eigenvalue weighted by molar-refractivity contribution is -0.245. The van der Waals surface area contributed by atoms with E-state index in [0.717, 1.165) is 52.4 Å². The maximum atomic E-state index is 12.4. The van der Waals surface area contributed by atoms with E-state index in [1.54, 1.807) is 18.9 Å². The number of carbonyl (C=O) groups excluding carboxylic acids is 1. The van der Waals surface area contributed by atoms with E-state index in [-0.39, 0.29) is 31.1 Å². The number of carboxylic acid groups (broad SMARTS) is 1. The number of aliphatic carboxylic acids is 1. The molecule has 3 N–H and O–H groups in total. The van der Waals surface area contributed by atoms with E-state index in [0.29, 0.717) is 24.9 Å². The number of hydrogen-bond acceptors (Lipinski definition) is 7. The first-order valence-electron chi connectivity index (χ1n) is 14.3. The number of aliphatic hydroxyl groups is 1. The maximum absolute atomic E-state index is 12.4. The van der Waals surface area contributed by atoms with Gasteiger partial charge in [0.15, 0.2) is 6.29 Å². The van der Waals surface area contributed by atoms with Gasteiger partial charge in [-0.1, -0.05) is 61.4 Å². The molecule has 0 saturated carbocycles. The molecule has 1 amide bonds. The summed E-state index contributed by atoms with van der Waals surface area (Å²) >= 11 is 1.69. The Kier molecular flexibility index (Phi) is 12.3. The number of amides is 1. The Balaban J connectivity index is 1.38. The highest BCUT2D eigenvalue weighted by atomic mass is 32.2. The van der Waals surface area contributed by atoms with Crippen molar-refractivity contribution in [1.82, 2.24) is 0 Å². The molecule has 1 fully saturated rings. The minimum absolute atomic E-state index is 0.00854. The molecule has 224 valence electrons. The molecule has 1 aliphatic heterocycles. The van der Waals surface area contributed by atoms with E-state index in [4.69, 9.17) is 19.3 Å². The molecule has 8 nitrogen and oxygen atoms in total. The lowest BCUT2D eigenvalue weighted by Crippen LogP contribution is -2.31. The normalized spacial score (nSPS) is 18.4. The summed E-state index contributed by atoms with van der Waals surface area (Å²) in [4.78, 5) is 24.0. The fraction of sp³-hybridized carbons (Fsp3) is 0.394. The quantitative estimate of drug-likeness (QED) is 0.129. The van der Waals surface area contributed by atoms with E-state index in [9.17, 15) is 14.7 Å². The SMILES string of the molecule is COc1ccccc1SCC1CC(c2ccc(CO)cc2)OC(c2ccc(NC(=O)CCCCCCC(=O)O)cc2)O1. The van der Waals surface area contributed by atoms with Crippen LogP contribution >= 0.6 is 11.8 Å². The lowest BCUT2D eigenvalue weighted by atomic mass is 10.0. The van der Waals surface area contributed by atoms with Gasteiger partial charge in [-0.3, -0.25) is 9.59 Å². The Morgan fingerprint density at radius 1 is 0.905 bits per heavy atom. The minimum Gasteiger partial charge on any atom is -0.496 e. The van der Waals surface area contributed by atoms with E-state index in [1.165, 1.54) is 0 Å². The summed E-state index contributed by atoms with van der Waals surface area (Å²) in [6.45, 7) is -0.00854. The maximum Gasteiger partial charge on any atom is 0.303 e. The van der Waals surface area contributed by atoms with Crippen molar-refractivity contribution in [3.05, 3.63) is 89.5 Å². The van der Waals surface area contributed by atoms with Crippen molar-refractivity contribution in [3.63, 3.8) is 0 Å². The highest BCUT2D eigenvalue weighted by molar-refractivity contribution is 7.99. The fourth-order valence-corrected chi connectivity index (χ4v) is 5.85. The zero-order valence-electron chi connectivity index (χ0n) is 23.9. The number of thioether (sulfide) groups is 1. The van der Waals surface area contributed by atoms with Crippen LogP contribution in [0.2, 0.25) is 0 Å². The first kappa shape index (κ1) is 31.6. The third kappa shape index (κ3) is 9.59. The number of aliphatic hydroxyl groups excluding tert-OH is 1. The molecule has 3 atom stereocenters. The predicted octanol–water partition coefficient (Wildman–Crippen LogP) is 6.89. The second kappa shape index (κ2) is 16.3. The Morgan fingerprint density at radius 2 is 1.60 bits per heavy atom. The summed E-state index contributed by atoms with van der Waals surface area (Å²) in [5, 5.41) is 21.1. The zero-order valence-corrected chi connectivity index (χ0v) is 24.7. The van der Waals surface area contributed by atoms with Gasteiger partial charge in [0, 0.05) is 41.2 Å². The van der Waals surface area contributed by atoms with Crippen molar-refractivity contribution in [2.24, 2.45) is 0 Å². The summed E-state index contributed by atoms with van der Waals surface area (Å²) in [7, 11) is 1.67. The Labute approximate surface area is 251 Å². The number of methoxy groups -OCH3 is 1. The van der Waals surface area contributed by atoms with Gasteiger partial charge in [0.25, 0.3) is 0 Å². The van der Waals surface area contributed by atoms with Crippen molar-refractivity contribution in [1.29, 1.82) is 0 Å². The van der Waals surface area contributed by atoms with Gasteiger partial charge in [0.1, 0.15) is 5.75 Å². The second-order valence-electron chi connectivity index (χ2n) is 10.3. The molecule has 9 heteroatoms. The Bertz CT molecular complexity index is 1280. The van der Waals surface area contributed by atoms with Crippen LogP contribution in [-0.4, -0.2) is 41.1 Å². The molecule has 4 rings (SSSR count). The number of rotatable bonds is 15. The number of unbranched alkanes of at least 4 members (excludes halogenated alkanes) is 3. The smallest absolute Gasteiger partial charge is 0.303 e. The van der Waals surface area contributed by atoms with Gasteiger partial charge in [0.05, 0.1) is 25.9 Å². The van der Waals surface area contributed by atoms with Gasteiger partial charge in [-0.2, -0.15) is 0 Å². The van der Waals surface area contributed by atoms with Crippen LogP contribution in [0.3, 0.4) is 0 Å². The van der Waals surface area contributed by atoms with Crippen LogP contribution in [-0.2, 0) is 25.7 Å². The van der Waals surface area contributed by atoms with Crippen LogP contribution in [0.15, 0.2) is 77.7 Å². The van der Waals surface area contributed by atoms with Crippen molar-refractivity contribution >= 4 is 29.3 Å². The van der Waals surface area contributed by atoms with Gasteiger partial charge in [-0.15, -0.1) is 11.8 Å². The standard InChI is InChI=1S/C33H39NO7S/c1-39-28-8-6-7-9-30(28)42-22-27-20-29(24-14-12-23(21-35)13-15-24)41-33(40-27)25-16-18-26(19-17-25)34-31(36)10-4-2-3-5-11-32(37)38/h6-9,12-19,27,29,33,35H,2-5,10-11,20-22H2,1H3,(H,34,36)(H,37,38). The van der Waals surface area contributed by atoms with Gasteiger partial charge in [-0.25, -0.2) is 0 Å². The van der Waals surface area contributed by atoms with E-state index >= 15 is 0 Å². The van der Waals surface area contributed by atoms with E-state index in [1.807, 2.05) is 72.8 Å². The number of ether oxygens (including phenoxy) is 3. The third-order valence-electron chi connectivity index (χ3n) is 7.12. The van der Waals surface area contributed by atoms with Crippen LogP contribution in [0, 0.1) is 0 Å². The van der Waals surface area contributed by atoms with Crippen LogP contribution < -0.4 is 10.1 Å². The number of hydrogen-bond donors (Lipinski definition) is 3. The summed E-state index contributed by atoms with van der Waals surface area (Å²) in [5.74, 6) is 0.703. The largest absolute Gasteiger partial charge is 0.496 e. The highest BCUT2D eigenvalue weighted by Crippen LogP contribution is 2.40. The van der Waals surface area contributed by atoms with Crippen molar-refractivity contribution in [2.45, 2.75) is 74.9 Å². The molecule has 3 aromatic carbocycles. The second-order valence-corrected chi connectivity index (χ2v) is 11.4. The summed E-state index contributed by atoms with van der Waals surface area (Å²) in [5.41, 5.74) is 3.43. The number of anilines is 1. The van der Waals surface area contributed by atoms with E-state index < -0.39 is 12.3 Å². The average Bonchev–Trinajstić information content (AvgIpc) is 3.02. The Hall–Kier alpha value is -3.37. The topological polar surface area (TPSA) is 114 Å². The molecular weight excluding hydrogens is 554 g/mol. The van der Waals surface area contributed by atoms with Gasteiger partial charge in [-0.05, 0) is 48.2 Å². The fourth-order valence-electron chi connectivity index (χ4n) is 4.81. The Morgan fingerprint density at radius 3 is 2.29 bits per heavy atom. The monoisotopic (exact) mass is 593 g/mol. The first-order valence-corrected chi connectivity index (χ1v) is 15.3. The van der Waals surface area contributed by atoms with Crippen LogP contribution in [0.25, 0.3) is 0 Å². The molecule has 0 bridgehead atoms. The van der Waals surface area contributed by atoms with Gasteiger partial charge >= 0.3 is 5.97 Å². The molecule has 3 unspecified atom stereocenters. The lowest BCUT2D eigenvalue weighted by Gasteiger charge is -2.36. The molecule has 1 saturated heterocycles. The first-order chi connectivity index (χ1) is 20.4. The zero-order chi connectivity index (χ0) is 29.7. The van der Waals surface area contributed by atoms with Gasteiger partial charge < -0.3 is 29.7 Å².